The molecular formula is C19H25N3OS. The number of hydrogen-bond donors (Lipinski definition) is 0. The standard InChI is InChI=1S/C19H25N3OS/c1-3-21(4-2)16-10-11-22(13-16)19(23)17-14-24-18(20-17)12-15-8-6-5-7-9-15/h5-9,14,16H,3-4,10-13H2,1-2H3. The molecule has 128 valence electrons. The molecule has 3 rings (SSSR count). The first-order chi connectivity index (χ1) is 11.7. The van der Waals surface area contributed by atoms with Crippen LogP contribution in [0.15, 0.2) is 35.7 Å². The van der Waals surface area contributed by atoms with E-state index >= 15 is 0 Å². The molecule has 1 aromatic carbocycles. The van der Waals surface area contributed by atoms with E-state index in [9.17, 15) is 4.79 Å². The number of hydrogen-bond acceptors (Lipinski definition) is 4. The van der Waals surface area contributed by atoms with Gasteiger partial charge in [0.05, 0.1) is 5.01 Å². The Balaban J connectivity index is 1.62. The summed E-state index contributed by atoms with van der Waals surface area (Å²) >= 11 is 1.58. The Labute approximate surface area is 148 Å². The van der Waals surface area contributed by atoms with Crippen molar-refractivity contribution in [2.45, 2.75) is 32.7 Å². The summed E-state index contributed by atoms with van der Waals surface area (Å²) in [4.78, 5) is 21.7. The van der Waals surface area contributed by atoms with Crippen LogP contribution in [0.4, 0.5) is 0 Å². The summed E-state index contributed by atoms with van der Waals surface area (Å²) in [6.07, 6.45) is 1.86. The van der Waals surface area contributed by atoms with Crippen LogP contribution in [0, 0.1) is 0 Å². The molecule has 0 aliphatic carbocycles. The van der Waals surface area contributed by atoms with Gasteiger partial charge in [0.25, 0.3) is 5.91 Å². The highest BCUT2D eigenvalue weighted by Gasteiger charge is 2.30. The summed E-state index contributed by atoms with van der Waals surface area (Å²) < 4.78 is 0. The Kier molecular flexibility index (Phi) is 5.63. The van der Waals surface area contributed by atoms with E-state index in [4.69, 9.17) is 0 Å². The van der Waals surface area contributed by atoms with E-state index in [0.717, 1.165) is 44.0 Å². The minimum Gasteiger partial charge on any atom is -0.336 e. The molecule has 5 heteroatoms. The molecule has 2 aromatic rings. The van der Waals surface area contributed by atoms with Crippen molar-refractivity contribution >= 4 is 17.2 Å². The molecule has 1 aliphatic heterocycles. The quantitative estimate of drug-likeness (QED) is 0.807. The lowest BCUT2D eigenvalue weighted by molar-refractivity contribution is 0.0773. The molecule has 1 aromatic heterocycles. The number of nitrogens with zero attached hydrogens (tertiary/aromatic N) is 3. The number of carbonyl (C=O) groups is 1. The Morgan fingerprint density at radius 3 is 2.75 bits per heavy atom. The first kappa shape index (κ1) is 17.1. The first-order valence-corrected chi connectivity index (χ1v) is 9.60. The van der Waals surface area contributed by atoms with Crippen molar-refractivity contribution in [3.8, 4) is 0 Å². The molecule has 0 N–H and O–H groups in total. The molecule has 1 amide bonds. The highest BCUT2D eigenvalue weighted by molar-refractivity contribution is 7.09. The molecule has 0 bridgehead atoms. The number of rotatable bonds is 6. The normalized spacial score (nSPS) is 17.6. The maximum atomic E-state index is 12.7. The zero-order chi connectivity index (χ0) is 16.9. The Morgan fingerprint density at radius 1 is 1.29 bits per heavy atom. The summed E-state index contributed by atoms with van der Waals surface area (Å²) in [5.41, 5.74) is 1.83. The first-order valence-electron chi connectivity index (χ1n) is 8.73. The second kappa shape index (κ2) is 7.90. The van der Waals surface area contributed by atoms with Crippen LogP contribution in [0.25, 0.3) is 0 Å². The lowest BCUT2D eigenvalue weighted by Gasteiger charge is -2.25. The van der Waals surface area contributed by atoms with Crippen LogP contribution in [0.2, 0.25) is 0 Å². The van der Waals surface area contributed by atoms with Crippen molar-refractivity contribution in [3.63, 3.8) is 0 Å². The van der Waals surface area contributed by atoms with Gasteiger partial charge in [0.1, 0.15) is 5.69 Å². The summed E-state index contributed by atoms with van der Waals surface area (Å²) in [7, 11) is 0. The third-order valence-electron chi connectivity index (χ3n) is 4.75. The van der Waals surface area contributed by atoms with Crippen molar-refractivity contribution in [1.29, 1.82) is 0 Å². The summed E-state index contributed by atoms with van der Waals surface area (Å²) in [5, 5.41) is 2.91. The van der Waals surface area contributed by atoms with Crippen molar-refractivity contribution < 1.29 is 4.79 Å². The maximum absolute atomic E-state index is 12.7. The highest BCUT2D eigenvalue weighted by Crippen LogP contribution is 2.20. The van der Waals surface area contributed by atoms with E-state index in [1.807, 2.05) is 28.5 Å². The maximum Gasteiger partial charge on any atom is 0.273 e. The fraction of sp³-hybridized carbons (Fsp3) is 0.474. The number of likely N-dealkylation sites (tertiary alicyclic amines) is 1. The van der Waals surface area contributed by atoms with Gasteiger partial charge in [0, 0.05) is 30.9 Å². The smallest absolute Gasteiger partial charge is 0.273 e. The number of thiazole rings is 1. The number of aromatic nitrogens is 1. The topological polar surface area (TPSA) is 36.4 Å². The van der Waals surface area contributed by atoms with Gasteiger partial charge in [-0.15, -0.1) is 11.3 Å². The SMILES string of the molecule is CCN(CC)C1CCN(C(=O)c2csc(Cc3ccccc3)n2)C1. The van der Waals surface area contributed by atoms with Crippen LogP contribution in [-0.4, -0.2) is 52.9 Å². The van der Waals surface area contributed by atoms with Gasteiger partial charge in [-0.25, -0.2) is 4.98 Å². The van der Waals surface area contributed by atoms with E-state index < -0.39 is 0 Å². The molecule has 0 saturated carbocycles. The van der Waals surface area contributed by atoms with Crippen molar-refractivity contribution in [3.05, 3.63) is 52.0 Å². The predicted octanol–water partition coefficient (Wildman–Crippen LogP) is 3.29. The average molecular weight is 343 g/mol. The molecular weight excluding hydrogens is 318 g/mol. The molecule has 1 aliphatic rings. The number of carbonyl (C=O) groups excluding carboxylic acids is 1. The van der Waals surface area contributed by atoms with E-state index in [0.29, 0.717) is 11.7 Å². The molecule has 4 nitrogen and oxygen atoms in total. The Hall–Kier alpha value is -1.72. The van der Waals surface area contributed by atoms with Gasteiger partial charge in [0.2, 0.25) is 0 Å². The van der Waals surface area contributed by atoms with Crippen LogP contribution in [0.1, 0.15) is 41.3 Å². The third kappa shape index (κ3) is 3.84. The van der Waals surface area contributed by atoms with Crippen molar-refractivity contribution in [2.75, 3.05) is 26.2 Å². The summed E-state index contributed by atoms with van der Waals surface area (Å²) in [5.74, 6) is 0.0835. The minimum absolute atomic E-state index is 0.0835. The highest BCUT2D eigenvalue weighted by atomic mass is 32.1. The summed E-state index contributed by atoms with van der Waals surface area (Å²) in [6.45, 7) is 8.12. The lowest BCUT2D eigenvalue weighted by atomic mass is 10.2. The van der Waals surface area contributed by atoms with Gasteiger partial charge in [0.15, 0.2) is 0 Å². The van der Waals surface area contributed by atoms with Crippen LogP contribution in [0.3, 0.4) is 0 Å². The molecule has 1 atom stereocenters. The van der Waals surface area contributed by atoms with Crippen LogP contribution in [0.5, 0.6) is 0 Å². The lowest BCUT2D eigenvalue weighted by Crippen LogP contribution is -2.38. The van der Waals surface area contributed by atoms with E-state index in [-0.39, 0.29) is 5.91 Å². The zero-order valence-electron chi connectivity index (χ0n) is 14.4. The van der Waals surface area contributed by atoms with Gasteiger partial charge in [-0.05, 0) is 25.1 Å². The fourth-order valence-corrected chi connectivity index (χ4v) is 4.19. The molecule has 1 saturated heterocycles. The van der Waals surface area contributed by atoms with Crippen LogP contribution in [-0.2, 0) is 6.42 Å². The molecule has 24 heavy (non-hydrogen) atoms. The number of amides is 1. The molecule has 2 heterocycles. The van der Waals surface area contributed by atoms with Gasteiger partial charge in [-0.1, -0.05) is 44.2 Å². The van der Waals surface area contributed by atoms with Crippen molar-refractivity contribution in [1.82, 2.24) is 14.8 Å². The van der Waals surface area contributed by atoms with Gasteiger partial charge in [-0.3, -0.25) is 9.69 Å². The number of likely N-dealkylation sites (N-methyl/N-ethyl adjacent to an activating group) is 1. The monoisotopic (exact) mass is 343 g/mol. The van der Waals surface area contributed by atoms with Crippen LogP contribution >= 0.6 is 11.3 Å². The van der Waals surface area contributed by atoms with Gasteiger partial charge in [-0.2, -0.15) is 0 Å². The van der Waals surface area contributed by atoms with Crippen LogP contribution < -0.4 is 0 Å². The second-order valence-corrected chi connectivity index (χ2v) is 7.15. The Bertz CT molecular complexity index is 666. The largest absolute Gasteiger partial charge is 0.336 e. The molecule has 0 radical (unpaired) electrons. The molecule has 1 unspecified atom stereocenters. The molecule has 0 spiro atoms. The summed E-state index contributed by atoms with van der Waals surface area (Å²) in [6, 6.07) is 10.8. The van der Waals surface area contributed by atoms with E-state index in [2.05, 4.69) is 35.9 Å². The number of benzene rings is 1. The minimum atomic E-state index is 0.0835. The molecule has 1 fully saturated rings. The van der Waals surface area contributed by atoms with E-state index in [1.165, 1.54) is 5.56 Å². The van der Waals surface area contributed by atoms with Gasteiger partial charge < -0.3 is 4.90 Å². The van der Waals surface area contributed by atoms with E-state index in [1.54, 1.807) is 11.3 Å². The van der Waals surface area contributed by atoms with Gasteiger partial charge >= 0.3 is 0 Å². The average Bonchev–Trinajstić information content (AvgIpc) is 3.26. The van der Waals surface area contributed by atoms with Crippen molar-refractivity contribution in [2.24, 2.45) is 0 Å². The zero-order valence-corrected chi connectivity index (χ0v) is 15.3. The Morgan fingerprint density at radius 2 is 2.04 bits per heavy atom. The third-order valence-corrected chi connectivity index (χ3v) is 5.60. The predicted molar refractivity (Wildman–Crippen MR) is 98.6 cm³/mol. The second-order valence-electron chi connectivity index (χ2n) is 6.20. The fourth-order valence-electron chi connectivity index (χ4n) is 3.39.